The van der Waals surface area contributed by atoms with E-state index in [1.165, 1.54) is 16.5 Å². The topological polar surface area (TPSA) is 63.9 Å². The summed E-state index contributed by atoms with van der Waals surface area (Å²) in [5.41, 5.74) is 4.18. The Morgan fingerprint density at radius 1 is 0.732 bits per heavy atom. The molecule has 0 radical (unpaired) electrons. The van der Waals surface area contributed by atoms with E-state index in [1.807, 2.05) is 89.8 Å². The Labute approximate surface area is 251 Å². The summed E-state index contributed by atoms with van der Waals surface area (Å²) < 4.78 is 4.22. The number of fused-ring (bicyclic) bond motifs is 1. The average Bonchev–Trinajstić information content (AvgIpc) is 3.63. The Morgan fingerprint density at radius 3 is 2.00 bits per heavy atom. The molecule has 204 valence electrons. The first-order valence-electron chi connectivity index (χ1n) is 13.2. The molecule has 1 amide bonds. The van der Waals surface area contributed by atoms with Gasteiger partial charge in [-0.15, -0.1) is 21.5 Å². The summed E-state index contributed by atoms with van der Waals surface area (Å²) in [4.78, 5) is 20.3. The number of thiazole rings is 1. The lowest BCUT2D eigenvalue weighted by Crippen LogP contribution is -2.31. The van der Waals surface area contributed by atoms with Crippen molar-refractivity contribution in [2.24, 2.45) is 0 Å². The molecule has 6 rings (SSSR count). The summed E-state index contributed by atoms with van der Waals surface area (Å²) in [6, 6.07) is 38.5. The summed E-state index contributed by atoms with van der Waals surface area (Å²) in [6.07, 6.45) is 0. The molecule has 0 unspecified atom stereocenters. The van der Waals surface area contributed by atoms with Crippen LogP contribution in [0.1, 0.15) is 17.0 Å². The minimum atomic E-state index is 0.0516. The van der Waals surface area contributed by atoms with Gasteiger partial charge in [-0.05, 0) is 35.4 Å². The van der Waals surface area contributed by atoms with Crippen molar-refractivity contribution in [1.82, 2.24) is 24.6 Å². The Kier molecular flexibility index (Phi) is 8.75. The largest absolute Gasteiger partial charge is 0.333 e. The lowest BCUT2D eigenvalue weighted by molar-refractivity contribution is -0.129. The van der Waals surface area contributed by atoms with Crippen LogP contribution < -0.4 is 0 Å². The molecule has 0 aliphatic rings. The number of hydrogen-bond donors (Lipinski definition) is 0. The molecule has 9 heteroatoms. The fourth-order valence-corrected chi connectivity index (χ4v) is 7.27. The quantitative estimate of drug-likeness (QED) is 0.145. The minimum Gasteiger partial charge on any atom is -0.333 e. The zero-order chi connectivity index (χ0) is 27.9. The summed E-state index contributed by atoms with van der Waals surface area (Å²) in [5, 5.41) is 9.76. The summed E-state index contributed by atoms with van der Waals surface area (Å²) in [6.45, 7) is 1.09. The Morgan fingerprint density at radius 2 is 1.34 bits per heavy atom. The highest BCUT2D eigenvalue weighted by molar-refractivity contribution is 8.00. The maximum absolute atomic E-state index is 13.6. The lowest BCUT2D eigenvalue weighted by Gasteiger charge is -2.23. The van der Waals surface area contributed by atoms with Crippen molar-refractivity contribution in [2.45, 2.75) is 28.3 Å². The Balaban J connectivity index is 1.20. The number of carbonyl (C=O) groups excluding carboxylic acids is 1. The number of amides is 1. The zero-order valence-corrected chi connectivity index (χ0v) is 24.6. The van der Waals surface area contributed by atoms with Crippen molar-refractivity contribution in [3.05, 3.63) is 132 Å². The molecule has 0 spiro atoms. The van der Waals surface area contributed by atoms with Crippen molar-refractivity contribution >= 4 is 51.0 Å². The van der Waals surface area contributed by atoms with Gasteiger partial charge in [0, 0.05) is 18.8 Å². The normalized spacial score (nSPS) is 11.1. The third-order valence-electron chi connectivity index (χ3n) is 6.42. The molecule has 0 aliphatic heterocycles. The second-order valence-corrected chi connectivity index (χ2v) is 12.5. The molecule has 0 N–H and O–H groups in total. The lowest BCUT2D eigenvalue weighted by atomic mass is 10.1. The number of para-hydroxylation sites is 2. The van der Waals surface area contributed by atoms with Crippen LogP contribution in [0.5, 0.6) is 0 Å². The summed E-state index contributed by atoms with van der Waals surface area (Å²) >= 11 is 4.76. The first-order valence-corrected chi connectivity index (χ1v) is 16.0. The number of benzene rings is 4. The molecular formula is C32H27N5OS3. The van der Waals surface area contributed by atoms with Crippen LogP contribution in [0.4, 0.5) is 0 Å². The molecular weight excluding hydrogens is 567 g/mol. The van der Waals surface area contributed by atoms with E-state index in [2.05, 4.69) is 45.1 Å². The van der Waals surface area contributed by atoms with E-state index in [1.54, 1.807) is 23.1 Å². The molecule has 0 bridgehead atoms. The molecule has 4 aromatic carbocycles. The zero-order valence-electron chi connectivity index (χ0n) is 22.2. The predicted molar refractivity (Wildman–Crippen MR) is 168 cm³/mol. The van der Waals surface area contributed by atoms with Crippen LogP contribution in [0.15, 0.2) is 125 Å². The van der Waals surface area contributed by atoms with Gasteiger partial charge in [-0.3, -0.25) is 9.36 Å². The van der Waals surface area contributed by atoms with Crippen LogP contribution in [0.3, 0.4) is 0 Å². The van der Waals surface area contributed by atoms with Gasteiger partial charge >= 0.3 is 0 Å². The molecule has 0 saturated heterocycles. The van der Waals surface area contributed by atoms with Gasteiger partial charge < -0.3 is 4.90 Å². The number of rotatable bonds is 11. The number of thioether (sulfide) groups is 2. The van der Waals surface area contributed by atoms with Crippen molar-refractivity contribution in [2.75, 3.05) is 5.75 Å². The van der Waals surface area contributed by atoms with Gasteiger partial charge in [0.2, 0.25) is 5.91 Å². The van der Waals surface area contributed by atoms with E-state index >= 15 is 0 Å². The van der Waals surface area contributed by atoms with Crippen LogP contribution in [0.25, 0.3) is 15.9 Å². The van der Waals surface area contributed by atoms with Gasteiger partial charge in [0.05, 0.1) is 21.7 Å². The minimum absolute atomic E-state index is 0.0516. The van der Waals surface area contributed by atoms with Gasteiger partial charge in [-0.1, -0.05) is 115 Å². The number of aromatic nitrogens is 4. The smallest absolute Gasteiger partial charge is 0.233 e. The monoisotopic (exact) mass is 593 g/mol. The van der Waals surface area contributed by atoms with Crippen molar-refractivity contribution in [1.29, 1.82) is 0 Å². The third-order valence-corrected chi connectivity index (χ3v) is 9.51. The van der Waals surface area contributed by atoms with Gasteiger partial charge in [0.1, 0.15) is 5.82 Å². The Hall–Kier alpha value is -3.92. The van der Waals surface area contributed by atoms with Crippen LogP contribution in [0, 0.1) is 0 Å². The highest BCUT2D eigenvalue weighted by atomic mass is 32.2. The maximum Gasteiger partial charge on any atom is 0.233 e. The number of hydrogen-bond acceptors (Lipinski definition) is 7. The van der Waals surface area contributed by atoms with Crippen LogP contribution in [0.2, 0.25) is 0 Å². The first-order chi connectivity index (χ1) is 20.2. The molecule has 2 aromatic heterocycles. The van der Waals surface area contributed by atoms with Crippen molar-refractivity contribution in [3.63, 3.8) is 0 Å². The molecule has 2 heterocycles. The van der Waals surface area contributed by atoms with E-state index in [-0.39, 0.29) is 11.7 Å². The summed E-state index contributed by atoms with van der Waals surface area (Å²) in [5.74, 6) is 1.75. The van der Waals surface area contributed by atoms with Crippen LogP contribution >= 0.6 is 34.9 Å². The maximum atomic E-state index is 13.6. The van der Waals surface area contributed by atoms with E-state index in [0.717, 1.165) is 32.5 Å². The van der Waals surface area contributed by atoms with Crippen LogP contribution in [-0.4, -0.2) is 36.3 Å². The van der Waals surface area contributed by atoms with E-state index in [4.69, 9.17) is 4.98 Å². The molecule has 6 nitrogen and oxygen atoms in total. The molecule has 0 fully saturated rings. The molecule has 0 atom stereocenters. The van der Waals surface area contributed by atoms with Gasteiger partial charge in [-0.25, -0.2) is 4.98 Å². The van der Waals surface area contributed by atoms with E-state index in [0.29, 0.717) is 24.0 Å². The van der Waals surface area contributed by atoms with Gasteiger partial charge in [0.15, 0.2) is 9.50 Å². The third kappa shape index (κ3) is 6.87. The predicted octanol–water partition coefficient (Wildman–Crippen LogP) is 7.49. The van der Waals surface area contributed by atoms with Gasteiger partial charge in [0.25, 0.3) is 0 Å². The molecule has 6 aromatic rings. The molecule has 0 saturated carbocycles. The standard InChI is InChI=1S/C32H27N5OS3/c38-30(36(20-24-12-4-1-5-13-24)21-25-14-6-2-7-15-25)23-39-31-35-34-29(37(31)26-16-8-3-9-17-26)22-40-32-33-27-18-10-11-19-28(27)41-32/h1-19H,20-23H2. The molecule has 41 heavy (non-hydrogen) atoms. The van der Waals surface area contributed by atoms with Gasteiger partial charge in [-0.2, -0.15) is 0 Å². The second-order valence-electron chi connectivity index (χ2n) is 9.32. The Bertz CT molecular complexity index is 1650. The first kappa shape index (κ1) is 27.3. The average molecular weight is 594 g/mol. The number of carbonyl (C=O) groups is 1. The highest BCUT2D eigenvalue weighted by Crippen LogP contribution is 2.32. The fraction of sp³-hybridized carbons (Fsp3) is 0.125. The SMILES string of the molecule is O=C(CSc1nnc(CSc2nc3ccccc3s2)n1-c1ccccc1)N(Cc1ccccc1)Cc1ccccc1. The molecule has 0 aliphatic carbocycles. The summed E-state index contributed by atoms with van der Waals surface area (Å²) in [7, 11) is 0. The fourth-order valence-electron chi connectivity index (χ4n) is 4.42. The van der Waals surface area contributed by atoms with Crippen LogP contribution in [-0.2, 0) is 23.6 Å². The van der Waals surface area contributed by atoms with E-state index in [9.17, 15) is 4.79 Å². The second kappa shape index (κ2) is 13.2. The number of nitrogens with zero attached hydrogens (tertiary/aromatic N) is 5. The highest BCUT2D eigenvalue weighted by Gasteiger charge is 2.20. The van der Waals surface area contributed by atoms with Crippen molar-refractivity contribution < 1.29 is 4.79 Å². The van der Waals surface area contributed by atoms with Crippen molar-refractivity contribution in [3.8, 4) is 5.69 Å². The van der Waals surface area contributed by atoms with E-state index < -0.39 is 0 Å².